The first-order valence-corrected chi connectivity index (χ1v) is 7.07. The highest BCUT2D eigenvalue weighted by Gasteiger charge is 2.08. The first kappa shape index (κ1) is 13.8. The summed E-state index contributed by atoms with van der Waals surface area (Å²) in [6.45, 7) is 7.66. The normalized spacial score (nSPS) is 13.1. The van der Waals surface area contributed by atoms with E-state index in [1.165, 1.54) is 17.5 Å². The van der Waals surface area contributed by atoms with Crippen molar-refractivity contribution in [3.63, 3.8) is 0 Å². The zero-order valence-corrected chi connectivity index (χ0v) is 12.4. The number of hydrogen-bond donors (Lipinski definition) is 0. The first-order chi connectivity index (χ1) is 9.06. The fraction of sp³-hybridized carbons (Fsp3) is 0.600. The highest BCUT2D eigenvalue weighted by Crippen LogP contribution is 2.20. The van der Waals surface area contributed by atoms with Gasteiger partial charge in [-0.2, -0.15) is 10.2 Å². The molecule has 0 N–H and O–H groups in total. The molecule has 1 unspecified atom stereocenters. The maximum atomic E-state index is 4.41. The number of aromatic nitrogens is 4. The van der Waals surface area contributed by atoms with Crippen molar-refractivity contribution in [2.24, 2.45) is 7.05 Å². The molecule has 0 fully saturated rings. The molecule has 2 aromatic rings. The fourth-order valence-electron chi connectivity index (χ4n) is 2.22. The Kier molecular flexibility index (Phi) is 4.40. The lowest BCUT2D eigenvalue weighted by Crippen LogP contribution is -2.01. The van der Waals surface area contributed by atoms with Crippen molar-refractivity contribution < 1.29 is 0 Å². The molecular weight excluding hydrogens is 236 g/mol. The molecule has 104 valence electrons. The van der Waals surface area contributed by atoms with E-state index in [1.54, 1.807) is 0 Å². The summed E-state index contributed by atoms with van der Waals surface area (Å²) in [5.74, 6) is 1.12. The van der Waals surface area contributed by atoms with Gasteiger partial charge in [-0.3, -0.25) is 9.36 Å². The van der Waals surface area contributed by atoms with Crippen LogP contribution in [0, 0.1) is 0 Å². The molecule has 2 aromatic heterocycles. The second kappa shape index (κ2) is 6.04. The maximum absolute atomic E-state index is 4.41. The van der Waals surface area contributed by atoms with E-state index in [2.05, 4.69) is 48.0 Å². The van der Waals surface area contributed by atoms with E-state index in [0.717, 1.165) is 13.0 Å². The highest BCUT2D eigenvalue weighted by atomic mass is 15.3. The van der Waals surface area contributed by atoms with E-state index in [-0.39, 0.29) is 0 Å². The van der Waals surface area contributed by atoms with Gasteiger partial charge in [0.2, 0.25) is 0 Å². The third-order valence-electron chi connectivity index (χ3n) is 3.64. The van der Waals surface area contributed by atoms with Crippen LogP contribution in [0.25, 0.3) is 0 Å². The third kappa shape index (κ3) is 3.69. The van der Waals surface area contributed by atoms with Gasteiger partial charge in [0.05, 0.1) is 12.4 Å². The zero-order valence-electron chi connectivity index (χ0n) is 12.4. The van der Waals surface area contributed by atoms with Crippen LogP contribution in [0.2, 0.25) is 0 Å². The Labute approximate surface area is 115 Å². The van der Waals surface area contributed by atoms with E-state index in [0.29, 0.717) is 11.8 Å². The lowest BCUT2D eigenvalue weighted by Gasteiger charge is -2.08. The van der Waals surface area contributed by atoms with Crippen LogP contribution in [0.4, 0.5) is 0 Å². The van der Waals surface area contributed by atoms with Gasteiger partial charge in [-0.1, -0.05) is 20.8 Å². The summed E-state index contributed by atoms with van der Waals surface area (Å²) in [4.78, 5) is 0. The van der Waals surface area contributed by atoms with Gasteiger partial charge in [0.1, 0.15) is 0 Å². The summed E-state index contributed by atoms with van der Waals surface area (Å²) in [5.41, 5.74) is 2.64. The molecule has 0 aliphatic heterocycles. The van der Waals surface area contributed by atoms with Gasteiger partial charge in [0, 0.05) is 26.0 Å². The van der Waals surface area contributed by atoms with Crippen molar-refractivity contribution >= 4 is 0 Å². The fourth-order valence-corrected chi connectivity index (χ4v) is 2.22. The Morgan fingerprint density at radius 2 is 1.79 bits per heavy atom. The molecule has 0 saturated heterocycles. The second-order valence-corrected chi connectivity index (χ2v) is 5.68. The van der Waals surface area contributed by atoms with Crippen molar-refractivity contribution in [2.45, 2.75) is 52.0 Å². The van der Waals surface area contributed by atoms with Gasteiger partial charge in [0.15, 0.2) is 0 Å². The number of nitrogens with zero attached hydrogens (tertiary/aromatic N) is 4. The molecule has 0 saturated carbocycles. The highest BCUT2D eigenvalue weighted by molar-refractivity contribution is 5.10. The van der Waals surface area contributed by atoms with Crippen LogP contribution in [-0.2, 0) is 13.6 Å². The average Bonchev–Trinajstić information content (AvgIpc) is 2.98. The summed E-state index contributed by atoms with van der Waals surface area (Å²) in [7, 11) is 1.97. The summed E-state index contributed by atoms with van der Waals surface area (Å²) >= 11 is 0. The van der Waals surface area contributed by atoms with E-state index in [4.69, 9.17) is 0 Å². The van der Waals surface area contributed by atoms with E-state index in [1.807, 2.05) is 24.1 Å². The summed E-state index contributed by atoms with van der Waals surface area (Å²) in [5, 5.41) is 8.64. The quantitative estimate of drug-likeness (QED) is 0.798. The predicted octanol–water partition coefficient (Wildman–Crippen LogP) is 3.32. The Morgan fingerprint density at radius 1 is 1.05 bits per heavy atom. The number of rotatable bonds is 6. The number of hydrogen-bond acceptors (Lipinski definition) is 2. The zero-order chi connectivity index (χ0) is 13.8. The van der Waals surface area contributed by atoms with Gasteiger partial charge in [-0.15, -0.1) is 0 Å². The third-order valence-corrected chi connectivity index (χ3v) is 3.64. The van der Waals surface area contributed by atoms with E-state index in [9.17, 15) is 0 Å². The summed E-state index contributed by atoms with van der Waals surface area (Å²) in [6, 6.07) is 0. The molecule has 0 spiro atoms. The first-order valence-electron chi connectivity index (χ1n) is 7.07. The maximum Gasteiger partial charge on any atom is 0.0524 e. The molecule has 4 heteroatoms. The Bertz CT molecular complexity index is 510. The summed E-state index contributed by atoms with van der Waals surface area (Å²) < 4.78 is 3.93. The molecule has 0 amide bonds. The van der Waals surface area contributed by atoms with Gasteiger partial charge in [-0.25, -0.2) is 0 Å². The molecule has 2 rings (SSSR count). The second-order valence-electron chi connectivity index (χ2n) is 5.68. The van der Waals surface area contributed by atoms with Crippen LogP contribution in [0.1, 0.15) is 56.6 Å². The van der Waals surface area contributed by atoms with Crippen LogP contribution < -0.4 is 0 Å². The minimum atomic E-state index is 0.558. The predicted molar refractivity (Wildman–Crippen MR) is 77.2 cm³/mol. The van der Waals surface area contributed by atoms with Crippen LogP contribution in [0.5, 0.6) is 0 Å². The number of aryl methyl sites for hydroxylation is 2. The molecule has 1 atom stereocenters. The SMILES string of the molecule is CC(C)c1cnn(CCCC(C)c2cnn(C)c2)c1. The Balaban J connectivity index is 1.79. The average molecular weight is 260 g/mol. The van der Waals surface area contributed by atoms with E-state index < -0.39 is 0 Å². The van der Waals surface area contributed by atoms with Gasteiger partial charge < -0.3 is 0 Å². The minimum absolute atomic E-state index is 0.558. The van der Waals surface area contributed by atoms with Crippen molar-refractivity contribution in [2.75, 3.05) is 0 Å². The van der Waals surface area contributed by atoms with Crippen molar-refractivity contribution in [1.29, 1.82) is 0 Å². The molecule has 0 aromatic carbocycles. The largest absolute Gasteiger partial charge is 0.276 e. The van der Waals surface area contributed by atoms with Crippen molar-refractivity contribution in [1.82, 2.24) is 19.6 Å². The molecular formula is C15H24N4. The minimum Gasteiger partial charge on any atom is -0.276 e. The van der Waals surface area contributed by atoms with Crippen LogP contribution in [0.15, 0.2) is 24.8 Å². The molecule has 0 bridgehead atoms. The van der Waals surface area contributed by atoms with Gasteiger partial charge in [-0.05, 0) is 35.8 Å². The topological polar surface area (TPSA) is 35.6 Å². The van der Waals surface area contributed by atoms with Gasteiger partial charge in [0.25, 0.3) is 0 Å². The summed E-state index contributed by atoms with van der Waals surface area (Å²) in [6.07, 6.45) is 10.5. The van der Waals surface area contributed by atoms with Gasteiger partial charge >= 0.3 is 0 Å². The van der Waals surface area contributed by atoms with E-state index >= 15 is 0 Å². The lowest BCUT2D eigenvalue weighted by atomic mass is 9.99. The monoisotopic (exact) mass is 260 g/mol. The van der Waals surface area contributed by atoms with Crippen molar-refractivity contribution in [3.05, 3.63) is 35.9 Å². The smallest absolute Gasteiger partial charge is 0.0524 e. The molecule has 19 heavy (non-hydrogen) atoms. The van der Waals surface area contributed by atoms with Crippen LogP contribution >= 0.6 is 0 Å². The molecule has 0 aliphatic carbocycles. The van der Waals surface area contributed by atoms with Crippen molar-refractivity contribution in [3.8, 4) is 0 Å². The Morgan fingerprint density at radius 3 is 2.37 bits per heavy atom. The molecule has 0 aliphatic rings. The van der Waals surface area contributed by atoms with Crippen LogP contribution in [-0.4, -0.2) is 19.6 Å². The molecule has 4 nitrogen and oxygen atoms in total. The molecule has 2 heterocycles. The lowest BCUT2D eigenvalue weighted by molar-refractivity contribution is 0.526. The van der Waals surface area contributed by atoms with Crippen LogP contribution in [0.3, 0.4) is 0 Å². The molecule has 0 radical (unpaired) electrons. The standard InChI is InChI=1S/C15H24N4/c1-12(2)14-8-17-19(11-14)7-5-6-13(3)15-9-16-18(4)10-15/h8-13H,5-7H2,1-4H3. The Hall–Kier alpha value is -1.58.